The smallest absolute Gasteiger partial charge is 0.245 e. The lowest BCUT2D eigenvalue weighted by Gasteiger charge is -2.38. The number of hydrogen-bond acceptors (Lipinski definition) is 3. The van der Waals surface area contributed by atoms with E-state index in [4.69, 9.17) is 5.73 Å². The van der Waals surface area contributed by atoms with Crippen LogP contribution in [0.4, 0.5) is 13.2 Å². The number of benzene rings is 2. The van der Waals surface area contributed by atoms with Gasteiger partial charge in [-0.05, 0) is 56.4 Å². The molecule has 4 rings (SSSR count). The van der Waals surface area contributed by atoms with Crippen LogP contribution in [0.15, 0.2) is 40.9 Å². The highest BCUT2D eigenvalue weighted by Gasteiger charge is 2.54. The Hall–Kier alpha value is -2.39. The maximum absolute atomic E-state index is 14.5. The number of hydrogen-bond donors (Lipinski definition) is 2. The van der Waals surface area contributed by atoms with Gasteiger partial charge in [-0.15, -0.1) is 0 Å². The summed E-state index contributed by atoms with van der Waals surface area (Å²) in [5.74, 6) is -5.07. The molecule has 0 unspecified atom stereocenters. The minimum absolute atomic E-state index is 0.185. The van der Waals surface area contributed by atoms with Crippen LogP contribution in [0, 0.1) is 17.5 Å². The summed E-state index contributed by atoms with van der Waals surface area (Å²) in [7, 11) is 0. The number of carbonyl (C=O) groups excluding carboxylic acids is 2. The number of piperidine rings is 1. The van der Waals surface area contributed by atoms with Crippen molar-refractivity contribution in [3.05, 3.63) is 69.4 Å². The maximum atomic E-state index is 14.5. The minimum atomic E-state index is -1.60. The monoisotopic (exact) mass is 537 g/mol. The molecular weight excluding hydrogens is 511 g/mol. The molecule has 2 amide bonds. The topological polar surface area (TPSA) is 75.4 Å². The number of likely N-dealkylation sites (tertiary alicyclic amines) is 1. The van der Waals surface area contributed by atoms with Crippen molar-refractivity contribution in [2.75, 3.05) is 13.1 Å². The van der Waals surface area contributed by atoms with Gasteiger partial charge in [0, 0.05) is 35.1 Å². The van der Waals surface area contributed by atoms with E-state index in [1.54, 1.807) is 4.90 Å². The van der Waals surface area contributed by atoms with Crippen LogP contribution in [0.5, 0.6) is 0 Å². The average molecular weight is 538 g/mol. The highest BCUT2D eigenvalue weighted by atomic mass is 79.9. The molecule has 2 fully saturated rings. The average Bonchev–Trinajstić information content (AvgIpc) is 3.60. The van der Waals surface area contributed by atoms with Gasteiger partial charge in [-0.25, -0.2) is 13.2 Å². The van der Waals surface area contributed by atoms with Crippen LogP contribution in [0.25, 0.3) is 0 Å². The lowest BCUT2D eigenvalue weighted by atomic mass is 9.90. The summed E-state index contributed by atoms with van der Waals surface area (Å²) in [5.41, 5.74) is 5.20. The summed E-state index contributed by atoms with van der Waals surface area (Å²) in [6, 6.07) is 8.44. The van der Waals surface area contributed by atoms with E-state index in [9.17, 15) is 22.8 Å². The summed E-state index contributed by atoms with van der Waals surface area (Å²) in [5, 5.41) is 2.80. The van der Waals surface area contributed by atoms with E-state index in [2.05, 4.69) is 21.2 Å². The van der Waals surface area contributed by atoms with E-state index in [0.29, 0.717) is 25.9 Å². The van der Waals surface area contributed by atoms with Gasteiger partial charge in [-0.2, -0.15) is 0 Å². The van der Waals surface area contributed by atoms with Gasteiger partial charge in [0.05, 0.1) is 5.41 Å². The molecule has 1 saturated heterocycles. The molecule has 0 aromatic heterocycles. The quantitative estimate of drug-likeness (QED) is 0.547. The normalized spacial score (nSPS) is 19.4. The number of amides is 2. The Morgan fingerprint density at radius 2 is 1.65 bits per heavy atom. The van der Waals surface area contributed by atoms with Gasteiger partial charge in [0.15, 0.2) is 17.5 Å². The summed E-state index contributed by atoms with van der Waals surface area (Å²) in [6.45, 7) is 2.89. The van der Waals surface area contributed by atoms with E-state index in [-0.39, 0.29) is 36.3 Å². The van der Waals surface area contributed by atoms with Crippen LogP contribution in [0.1, 0.15) is 43.7 Å². The van der Waals surface area contributed by atoms with E-state index in [1.165, 1.54) is 0 Å². The molecule has 182 valence electrons. The molecule has 1 atom stereocenters. The van der Waals surface area contributed by atoms with Crippen molar-refractivity contribution in [3.63, 3.8) is 0 Å². The van der Waals surface area contributed by atoms with Crippen molar-refractivity contribution in [1.82, 2.24) is 10.2 Å². The summed E-state index contributed by atoms with van der Waals surface area (Å²) in [4.78, 5) is 28.5. The van der Waals surface area contributed by atoms with Crippen molar-refractivity contribution in [2.24, 2.45) is 5.73 Å². The number of nitrogens with zero attached hydrogens (tertiary/aromatic N) is 1. The Morgan fingerprint density at radius 3 is 2.24 bits per heavy atom. The molecular formula is C25H27BrF3N3O2. The van der Waals surface area contributed by atoms with Crippen LogP contribution >= 0.6 is 15.9 Å². The second-order valence-corrected chi connectivity index (χ2v) is 10.6. The molecule has 0 bridgehead atoms. The first kappa shape index (κ1) is 24.7. The molecule has 2 aromatic carbocycles. The van der Waals surface area contributed by atoms with Gasteiger partial charge in [0.1, 0.15) is 6.04 Å². The summed E-state index contributed by atoms with van der Waals surface area (Å²) >= 11 is 3.38. The largest absolute Gasteiger partial charge is 0.343 e. The van der Waals surface area contributed by atoms with Crippen molar-refractivity contribution in [2.45, 2.75) is 56.0 Å². The Bertz CT molecular complexity index is 1090. The molecule has 0 spiro atoms. The number of nitrogens with one attached hydrogen (secondary N) is 1. The van der Waals surface area contributed by atoms with E-state index < -0.39 is 34.8 Å². The molecule has 1 saturated carbocycles. The third-order valence-electron chi connectivity index (χ3n) is 6.91. The lowest BCUT2D eigenvalue weighted by molar-refractivity contribution is -0.138. The van der Waals surface area contributed by atoms with Gasteiger partial charge in [-0.3, -0.25) is 9.59 Å². The van der Waals surface area contributed by atoms with E-state index in [0.717, 1.165) is 22.2 Å². The highest BCUT2D eigenvalue weighted by Crippen LogP contribution is 2.49. The van der Waals surface area contributed by atoms with Crippen LogP contribution in [0.3, 0.4) is 0 Å². The van der Waals surface area contributed by atoms with Crippen LogP contribution < -0.4 is 11.1 Å². The predicted molar refractivity (Wildman–Crippen MR) is 125 cm³/mol. The fraction of sp³-hybridized carbons (Fsp3) is 0.440. The lowest BCUT2D eigenvalue weighted by Crippen LogP contribution is -2.56. The van der Waals surface area contributed by atoms with Gasteiger partial charge in [0.25, 0.3) is 0 Å². The zero-order valence-electron chi connectivity index (χ0n) is 18.8. The van der Waals surface area contributed by atoms with Gasteiger partial charge >= 0.3 is 0 Å². The van der Waals surface area contributed by atoms with Crippen molar-refractivity contribution >= 4 is 27.7 Å². The Labute approximate surface area is 205 Å². The molecule has 5 nitrogen and oxygen atoms in total. The van der Waals surface area contributed by atoms with E-state index >= 15 is 0 Å². The molecule has 2 aliphatic rings. The molecule has 1 heterocycles. The first-order valence-corrected chi connectivity index (χ1v) is 12.1. The number of nitrogens with two attached hydrogens (primary N) is 1. The second-order valence-electron chi connectivity index (χ2n) is 9.64. The Kier molecular flexibility index (Phi) is 6.79. The van der Waals surface area contributed by atoms with Crippen molar-refractivity contribution in [1.29, 1.82) is 0 Å². The first-order valence-electron chi connectivity index (χ1n) is 11.3. The zero-order chi connectivity index (χ0) is 24.7. The van der Waals surface area contributed by atoms with Crippen LogP contribution in [-0.4, -0.2) is 41.4 Å². The third kappa shape index (κ3) is 5.00. The standard InChI is InChI=1S/C25H27BrF3N3O2/c1-24(30)10-12-32(13-11-24)22(33)19(14-15-2-4-16(26)5-3-15)31-23(34)25(8-9-25)17-6-7-18(27)21(29)20(17)28/h2-7,19H,8-14,30H2,1H3,(H,31,34)/t19-/m0/s1. The van der Waals surface area contributed by atoms with Crippen molar-refractivity contribution in [3.8, 4) is 0 Å². The molecule has 1 aliphatic carbocycles. The molecule has 1 aliphatic heterocycles. The fourth-order valence-electron chi connectivity index (χ4n) is 4.45. The Balaban J connectivity index is 1.57. The predicted octanol–water partition coefficient (Wildman–Crippen LogP) is 3.97. The highest BCUT2D eigenvalue weighted by molar-refractivity contribution is 9.10. The van der Waals surface area contributed by atoms with Crippen LogP contribution in [0.2, 0.25) is 0 Å². The van der Waals surface area contributed by atoms with Gasteiger partial charge in [-0.1, -0.05) is 34.1 Å². The number of rotatable bonds is 6. The van der Waals surface area contributed by atoms with E-state index in [1.807, 2.05) is 31.2 Å². The molecule has 2 aromatic rings. The third-order valence-corrected chi connectivity index (χ3v) is 7.44. The fourth-order valence-corrected chi connectivity index (χ4v) is 4.71. The summed E-state index contributed by atoms with van der Waals surface area (Å²) in [6.07, 6.45) is 2.10. The molecule has 34 heavy (non-hydrogen) atoms. The zero-order valence-corrected chi connectivity index (χ0v) is 20.4. The SMILES string of the molecule is CC1(N)CCN(C(=O)[C@H](Cc2ccc(Br)cc2)NC(=O)C2(c3ccc(F)c(F)c3F)CC2)CC1. The summed E-state index contributed by atoms with van der Waals surface area (Å²) < 4.78 is 42.7. The van der Waals surface area contributed by atoms with Gasteiger partial charge < -0.3 is 16.0 Å². The first-order chi connectivity index (χ1) is 16.0. The van der Waals surface area contributed by atoms with Crippen LogP contribution in [-0.2, 0) is 21.4 Å². The van der Waals surface area contributed by atoms with Crippen molar-refractivity contribution < 1.29 is 22.8 Å². The molecule has 3 N–H and O–H groups in total. The molecule has 9 heteroatoms. The van der Waals surface area contributed by atoms with Gasteiger partial charge in [0.2, 0.25) is 11.8 Å². The Morgan fingerprint density at radius 1 is 1.03 bits per heavy atom. The maximum Gasteiger partial charge on any atom is 0.245 e. The number of carbonyl (C=O) groups is 2. The minimum Gasteiger partial charge on any atom is -0.343 e. The molecule has 0 radical (unpaired) electrons. The second kappa shape index (κ2) is 9.34. The number of halogens is 4.